The zero-order valence-electron chi connectivity index (χ0n) is 19.9. The summed E-state index contributed by atoms with van der Waals surface area (Å²) in [5.41, 5.74) is 14.3. The fourth-order valence-electron chi connectivity index (χ4n) is 5.68. The van der Waals surface area contributed by atoms with E-state index in [2.05, 4.69) is 96.1 Å². The molecule has 2 aliphatic rings. The van der Waals surface area contributed by atoms with E-state index in [1.807, 2.05) is 0 Å². The van der Waals surface area contributed by atoms with Crippen molar-refractivity contribution in [3.8, 4) is 33.6 Å². The summed E-state index contributed by atoms with van der Waals surface area (Å²) in [6.45, 7) is 4.95. The minimum atomic E-state index is -6.00. The molecule has 0 fully saturated rings. The SMILES string of the molecule is C=CC[n+]1c2c(c(-c3ccccc3)c3c1-c1ccccc1CC3)CCc1ccccc1-2.F[B-](F)(F)F. The number of hydrogen-bond acceptors (Lipinski definition) is 0. The lowest BCUT2D eigenvalue weighted by molar-refractivity contribution is -0.665. The molecule has 0 bridgehead atoms. The van der Waals surface area contributed by atoms with Crippen LogP contribution in [0.25, 0.3) is 33.6 Å². The van der Waals surface area contributed by atoms with Gasteiger partial charge in [0.05, 0.1) is 0 Å². The molecule has 3 aromatic carbocycles. The summed E-state index contributed by atoms with van der Waals surface area (Å²) >= 11 is 0. The summed E-state index contributed by atoms with van der Waals surface area (Å²) in [6, 6.07) is 29.0. The molecular formula is C30H26BF4N. The Morgan fingerprint density at radius 1 is 0.667 bits per heavy atom. The standard InChI is InChI=1S/C30H26N.BF4/c1-2-20-31-29-24-14-8-6-10-21(24)16-18-26(29)28(23-12-4-3-5-13-23)27-19-17-22-11-7-9-15-25(22)30(27)31;2-1(3,4)5/h2-15H,1,16-20H2;/q+1;-1. The Balaban J connectivity index is 0.000000489. The number of hydrogen-bond donors (Lipinski definition) is 0. The van der Waals surface area contributed by atoms with Crippen LogP contribution in [0.5, 0.6) is 0 Å². The summed E-state index contributed by atoms with van der Waals surface area (Å²) in [5, 5.41) is 0. The molecule has 1 aromatic heterocycles. The summed E-state index contributed by atoms with van der Waals surface area (Å²) in [5.74, 6) is 0. The minimum absolute atomic E-state index is 0.822. The first-order valence-corrected chi connectivity index (χ1v) is 12.2. The van der Waals surface area contributed by atoms with Gasteiger partial charge in [0.2, 0.25) is 11.4 Å². The lowest BCUT2D eigenvalue weighted by Crippen LogP contribution is -2.43. The monoisotopic (exact) mass is 487 g/mol. The van der Waals surface area contributed by atoms with Gasteiger partial charge < -0.3 is 17.3 Å². The van der Waals surface area contributed by atoms with E-state index in [1.54, 1.807) is 0 Å². The zero-order valence-corrected chi connectivity index (χ0v) is 19.9. The Bertz CT molecular complexity index is 1340. The van der Waals surface area contributed by atoms with Gasteiger partial charge in [0.15, 0.2) is 6.54 Å². The third kappa shape index (κ3) is 4.60. The van der Waals surface area contributed by atoms with Crippen LogP contribution >= 0.6 is 0 Å². The fraction of sp³-hybridized carbons (Fsp3) is 0.167. The Labute approximate surface area is 208 Å². The lowest BCUT2D eigenvalue weighted by atomic mass is 9.77. The zero-order chi connectivity index (χ0) is 25.3. The van der Waals surface area contributed by atoms with Crippen LogP contribution in [0.15, 0.2) is 91.5 Å². The van der Waals surface area contributed by atoms with Crippen molar-refractivity contribution in [1.82, 2.24) is 0 Å². The summed E-state index contributed by atoms with van der Waals surface area (Å²) in [7, 11) is -6.00. The van der Waals surface area contributed by atoms with E-state index in [-0.39, 0.29) is 0 Å². The Morgan fingerprint density at radius 2 is 1.11 bits per heavy atom. The maximum atomic E-state index is 9.75. The van der Waals surface area contributed by atoms with Crippen molar-refractivity contribution in [3.05, 3.63) is 114 Å². The molecule has 6 rings (SSSR count). The van der Waals surface area contributed by atoms with E-state index in [0.29, 0.717) is 0 Å². The van der Waals surface area contributed by atoms with E-state index in [1.165, 1.54) is 55.9 Å². The molecule has 2 aliphatic carbocycles. The van der Waals surface area contributed by atoms with Gasteiger partial charge in [0.1, 0.15) is 0 Å². The average molecular weight is 487 g/mol. The van der Waals surface area contributed by atoms with Crippen LogP contribution in [0.4, 0.5) is 17.3 Å². The number of aryl methyl sites for hydroxylation is 2. The maximum absolute atomic E-state index is 9.75. The molecule has 0 N–H and O–H groups in total. The topological polar surface area (TPSA) is 3.88 Å². The van der Waals surface area contributed by atoms with Crippen molar-refractivity contribution in [2.24, 2.45) is 0 Å². The van der Waals surface area contributed by atoms with Crippen LogP contribution in [-0.2, 0) is 32.2 Å². The highest BCUT2D eigenvalue weighted by molar-refractivity contribution is 6.50. The summed E-state index contributed by atoms with van der Waals surface area (Å²) in [6.07, 6.45) is 6.43. The first-order valence-electron chi connectivity index (χ1n) is 12.2. The normalized spacial score (nSPS) is 13.3. The number of rotatable bonds is 3. The molecule has 182 valence electrons. The Kier molecular flexibility index (Phi) is 6.52. The second kappa shape index (κ2) is 9.77. The highest BCUT2D eigenvalue weighted by Crippen LogP contribution is 2.44. The number of pyridine rings is 1. The molecule has 1 heterocycles. The van der Waals surface area contributed by atoms with Crippen LogP contribution in [0.1, 0.15) is 22.3 Å². The number of halogens is 4. The molecule has 0 saturated heterocycles. The van der Waals surface area contributed by atoms with Crippen LogP contribution in [0.3, 0.4) is 0 Å². The van der Waals surface area contributed by atoms with Crippen LogP contribution in [0.2, 0.25) is 0 Å². The molecule has 0 saturated carbocycles. The largest absolute Gasteiger partial charge is 0.673 e. The Morgan fingerprint density at radius 3 is 1.58 bits per heavy atom. The molecule has 0 aliphatic heterocycles. The van der Waals surface area contributed by atoms with Crippen molar-refractivity contribution in [2.45, 2.75) is 32.2 Å². The molecule has 0 amide bonds. The third-order valence-corrected chi connectivity index (χ3v) is 6.92. The molecule has 1 nitrogen and oxygen atoms in total. The van der Waals surface area contributed by atoms with Gasteiger partial charge in [-0.05, 0) is 60.6 Å². The highest BCUT2D eigenvalue weighted by atomic mass is 19.5. The van der Waals surface area contributed by atoms with E-state index < -0.39 is 7.25 Å². The second-order valence-corrected chi connectivity index (χ2v) is 9.10. The van der Waals surface area contributed by atoms with E-state index in [9.17, 15) is 17.3 Å². The number of benzene rings is 3. The van der Waals surface area contributed by atoms with Crippen LogP contribution < -0.4 is 4.57 Å². The summed E-state index contributed by atoms with van der Waals surface area (Å²) < 4.78 is 41.6. The van der Waals surface area contributed by atoms with Crippen LogP contribution in [-0.4, -0.2) is 7.25 Å². The molecule has 0 unspecified atom stereocenters. The van der Waals surface area contributed by atoms with Gasteiger partial charge in [-0.1, -0.05) is 73.3 Å². The second-order valence-electron chi connectivity index (χ2n) is 9.10. The first-order chi connectivity index (χ1) is 17.4. The van der Waals surface area contributed by atoms with Gasteiger partial charge in [-0.2, -0.15) is 4.57 Å². The van der Waals surface area contributed by atoms with Crippen molar-refractivity contribution in [2.75, 3.05) is 0 Å². The predicted octanol–water partition coefficient (Wildman–Crippen LogP) is 7.66. The van der Waals surface area contributed by atoms with Crippen molar-refractivity contribution >= 4 is 7.25 Å². The quantitative estimate of drug-likeness (QED) is 0.121. The lowest BCUT2D eigenvalue weighted by Gasteiger charge is -2.28. The smallest absolute Gasteiger partial charge is 0.418 e. The number of nitrogens with zero attached hydrogens (tertiary/aromatic N) is 1. The van der Waals surface area contributed by atoms with Crippen molar-refractivity contribution in [1.29, 1.82) is 0 Å². The average Bonchev–Trinajstić information content (AvgIpc) is 2.87. The summed E-state index contributed by atoms with van der Waals surface area (Å²) in [4.78, 5) is 0. The van der Waals surface area contributed by atoms with Crippen LogP contribution in [0, 0.1) is 0 Å². The minimum Gasteiger partial charge on any atom is -0.418 e. The highest BCUT2D eigenvalue weighted by Gasteiger charge is 2.37. The van der Waals surface area contributed by atoms with Gasteiger partial charge in [-0.15, -0.1) is 0 Å². The van der Waals surface area contributed by atoms with Gasteiger partial charge in [0.25, 0.3) is 0 Å². The van der Waals surface area contributed by atoms with Gasteiger partial charge in [-0.3, -0.25) is 0 Å². The number of aromatic nitrogens is 1. The molecule has 0 atom stereocenters. The molecule has 4 aromatic rings. The van der Waals surface area contributed by atoms with E-state index in [4.69, 9.17) is 0 Å². The van der Waals surface area contributed by atoms with Gasteiger partial charge in [0, 0.05) is 27.8 Å². The van der Waals surface area contributed by atoms with Gasteiger partial charge >= 0.3 is 7.25 Å². The van der Waals surface area contributed by atoms with Crippen molar-refractivity contribution in [3.63, 3.8) is 0 Å². The molecule has 0 radical (unpaired) electrons. The van der Waals surface area contributed by atoms with E-state index in [0.717, 1.165) is 32.2 Å². The third-order valence-electron chi connectivity index (χ3n) is 6.92. The molecule has 0 spiro atoms. The van der Waals surface area contributed by atoms with Gasteiger partial charge in [-0.25, -0.2) is 0 Å². The molecule has 36 heavy (non-hydrogen) atoms. The maximum Gasteiger partial charge on any atom is 0.673 e. The first kappa shape index (κ1) is 24.0. The molecular weight excluding hydrogens is 461 g/mol. The van der Waals surface area contributed by atoms with E-state index >= 15 is 0 Å². The van der Waals surface area contributed by atoms with Crippen molar-refractivity contribution < 1.29 is 21.8 Å². The Hall–Kier alpha value is -3.67. The number of fused-ring (bicyclic) bond motifs is 6. The molecule has 6 heteroatoms. The number of allylic oxidation sites excluding steroid dienone is 1. The predicted molar refractivity (Wildman–Crippen MR) is 138 cm³/mol. The fourth-order valence-corrected chi connectivity index (χ4v) is 5.68.